The molecular formula is C22H24N2OS. The Labute approximate surface area is 158 Å². The maximum absolute atomic E-state index is 12.7. The molecule has 4 heteroatoms. The number of nitrogens with zero attached hydrogens (tertiary/aromatic N) is 1. The molecule has 2 atom stereocenters. The summed E-state index contributed by atoms with van der Waals surface area (Å²) in [5.74, 6) is 0.0935. The molecule has 4 rings (SSSR count). The first-order valence-electron chi connectivity index (χ1n) is 9.21. The van der Waals surface area contributed by atoms with Gasteiger partial charge in [0, 0.05) is 17.5 Å². The van der Waals surface area contributed by atoms with Gasteiger partial charge in [-0.1, -0.05) is 42.5 Å². The standard InChI is InChI=1S/C22H24N2OS/c1-15(18-9-5-7-17-6-3-4-8-20(17)18)23-22(25)14-24-12-10-21-19(16(24)2)11-13-26-21/h3-9,11,13,15-16H,10,12,14H2,1-2H3,(H,23,25). The van der Waals surface area contributed by atoms with Gasteiger partial charge in [-0.25, -0.2) is 0 Å². The van der Waals surface area contributed by atoms with Crippen LogP contribution in [-0.4, -0.2) is 23.9 Å². The third-order valence-electron chi connectivity index (χ3n) is 5.42. The molecule has 2 heterocycles. The highest BCUT2D eigenvalue weighted by Crippen LogP contribution is 2.32. The molecule has 1 aliphatic heterocycles. The summed E-state index contributed by atoms with van der Waals surface area (Å²) in [6.07, 6.45) is 1.05. The van der Waals surface area contributed by atoms with Gasteiger partial charge in [-0.3, -0.25) is 9.69 Å². The zero-order valence-corrected chi connectivity index (χ0v) is 16.1. The second-order valence-corrected chi connectivity index (χ2v) is 8.05. The highest BCUT2D eigenvalue weighted by Gasteiger charge is 2.26. The molecule has 0 bridgehead atoms. The van der Waals surface area contributed by atoms with Gasteiger partial charge in [0.05, 0.1) is 12.6 Å². The zero-order valence-electron chi connectivity index (χ0n) is 15.2. The molecule has 1 amide bonds. The van der Waals surface area contributed by atoms with Crippen molar-refractivity contribution in [1.82, 2.24) is 10.2 Å². The monoisotopic (exact) mass is 364 g/mol. The fraction of sp³-hybridized carbons (Fsp3) is 0.318. The van der Waals surface area contributed by atoms with Crippen molar-refractivity contribution in [1.29, 1.82) is 0 Å². The summed E-state index contributed by atoms with van der Waals surface area (Å²) in [6, 6.07) is 17.1. The van der Waals surface area contributed by atoms with E-state index in [0.717, 1.165) is 13.0 Å². The molecule has 1 N–H and O–H groups in total. The Morgan fingerprint density at radius 2 is 2.04 bits per heavy atom. The highest BCUT2D eigenvalue weighted by atomic mass is 32.1. The number of rotatable bonds is 4. The lowest BCUT2D eigenvalue weighted by atomic mass is 9.99. The summed E-state index contributed by atoms with van der Waals surface area (Å²) < 4.78 is 0. The minimum Gasteiger partial charge on any atom is -0.348 e. The maximum atomic E-state index is 12.7. The van der Waals surface area contributed by atoms with Gasteiger partial charge in [0.15, 0.2) is 0 Å². The smallest absolute Gasteiger partial charge is 0.234 e. The number of nitrogens with one attached hydrogen (secondary N) is 1. The molecule has 3 nitrogen and oxygen atoms in total. The Kier molecular flexibility index (Phi) is 4.79. The van der Waals surface area contributed by atoms with E-state index in [2.05, 4.69) is 65.8 Å². The highest BCUT2D eigenvalue weighted by molar-refractivity contribution is 7.10. The Balaban J connectivity index is 1.45. The Morgan fingerprint density at radius 3 is 2.92 bits per heavy atom. The predicted molar refractivity (Wildman–Crippen MR) is 109 cm³/mol. The Morgan fingerprint density at radius 1 is 1.23 bits per heavy atom. The van der Waals surface area contributed by atoms with Crippen LogP contribution in [0.5, 0.6) is 0 Å². The van der Waals surface area contributed by atoms with E-state index in [1.54, 1.807) is 0 Å². The van der Waals surface area contributed by atoms with Crippen molar-refractivity contribution < 1.29 is 4.79 Å². The van der Waals surface area contributed by atoms with Crippen molar-refractivity contribution >= 4 is 28.0 Å². The van der Waals surface area contributed by atoms with Crippen LogP contribution in [0, 0.1) is 0 Å². The van der Waals surface area contributed by atoms with Crippen molar-refractivity contribution in [3.8, 4) is 0 Å². The minimum absolute atomic E-state index is 0.00888. The first-order chi connectivity index (χ1) is 12.6. The van der Waals surface area contributed by atoms with Crippen LogP contribution in [0.25, 0.3) is 10.8 Å². The molecule has 134 valence electrons. The topological polar surface area (TPSA) is 32.3 Å². The van der Waals surface area contributed by atoms with E-state index >= 15 is 0 Å². The molecule has 0 aliphatic carbocycles. The van der Waals surface area contributed by atoms with Crippen LogP contribution >= 0.6 is 11.3 Å². The van der Waals surface area contributed by atoms with Crippen molar-refractivity contribution in [2.24, 2.45) is 0 Å². The number of amides is 1. The van der Waals surface area contributed by atoms with Crippen LogP contribution in [-0.2, 0) is 11.2 Å². The summed E-state index contributed by atoms with van der Waals surface area (Å²) >= 11 is 1.83. The Bertz CT molecular complexity index is 927. The van der Waals surface area contributed by atoms with Crippen LogP contribution in [0.15, 0.2) is 53.9 Å². The van der Waals surface area contributed by atoms with Gasteiger partial charge in [0.2, 0.25) is 5.91 Å². The number of hydrogen-bond donors (Lipinski definition) is 1. The van der Waals surface area contributed by atoms with E-state index in [9.17, 15) is 4.79 Å². The van der Waals surface area contributed by atoms with E-state index in [4.69, 9.17) is 0 Å². The van der Waals surface area contributed by atoms with E-state index in [1.807, 2.05) is 23.5 Å². The van der Waals surface area contributed by atoms with Crippen molar-refractivity contribution in [3.63, 3.8) is 0 Å². The lowest BCUT2D eigenvalue weighted by Gasteiger charge is -2.33. The molecule has 0 saturated carbocycles. The number of benzene rings is 2. The summed E-state index contributed by atoms with van der Waals surface area (Å²) in [6.45, 7) is 5.67. The van der Waals surface area contributed by atoms with Crippen LogP contribution < -0.4 is 5.32 Å². The molecule has 1 aliphatic rings. The number of carbonyl (C=O) groups excluding carboxylic acids is 1. The van der Waals surface area contributed by atoms with Gasteiger partial charge >= 0.3 is 0 Å². The van der Waals surface area contributed by atoms with Crippen LogP contribution in [0.2, 0.25) is 0 Å². The Hall–Kier alpha value is -2.17. The molecule has 1 aromatic heterocycles. The third kappa shape index (κ3) is 3.27. The third-order valence-corrected chi connectivity index (χ3v) is 6.41. The first-order valence-corrected chi connectivity index (χ1v) is 10.1. The van der Waals surface area contributed by atoms with Gasteiger partial charge in [0.25, 0.3) is 0 Å². The maximum Gasteiger partial charge on any atom is 0.234 e. The summed E-state index contributed by atoms with van der Waals surface area (Å²) in [5.41, 5.74) is 2.56. The minimum atomic E-state index is -0.00888. The van der Waals surface area contributed by atoms with Gasteiger partial charge in [-0.05, 0) is 53.6 Å². The molecule has 0 saturated heterocycles. The van der Waals surface area contributed by atoms with Gasteiger partial charge in [0.1, 0.15) is 0 Å². The number of fused-ring (bicyclic) bond motifs is 2. The summed E-state index contributed by atoms with van der Waals surface area (Å²) in [7, 11) is 0. The average Bonchev–Trinajstić information content (AvgIpc) is 3.13. The van der Waals surface area contributed by atoms with E-state index in [-0.39, 0.29) is 11.9 Å². The fourth-order valence-electron chi connectivity index (χ4n) is 3.95. The number of thiophene rings is 1. The van der Waals surface area contributed by atoms with Crippen LogP contribution in [0.4, 0.5) is 0 Å². The molecule has 26 heavy (non-hydrogen) atoms. The molecule has 3 aromatic rings. The van der Waals surface area contributed by atoms with E-state index < -0.39 is 0 Å². The quantitative estimate of drug-likeness (QED) is 0.728. The van der Waals surface area contributed by atoms with E-state index in [0.29, 0.717) is 12.6 Å². The lowest BCUT2D eigenvalue weighted by molar-refractivity contribution is -0.123. The lowest BCUT2D eigenvalue weighted by Crippen LogP contribution is -2.42. The molecular weight excluding hydrogens is 340 g/mol. The molecule has 2 aromatic carbocycles. The van der Waals surface area contributed by atoms with Crippen molar-refractivity contribution in [2.75, 3.05) is 13.1 Å². The van der Waals surface area contributed by atoms with Crippen LogP contribution in [0.1, 0.15) is 41.9 Å². The van der Waals surface area contributed by atoms with Gasteiger partial charge in [-0.2, -0.15) is 0 Å². The van der Waals surface area contributed by atoms with E-state index in [1.165, 1.54) is 26.8 Å². The van der Waals surface area contributed by atoms with Gasteiger partial charge < -0.3 is 5.32 Å². The SMILES string of the molecule is CC(NC(=O)CN1CCc2sccc2C1C)c1cccc2ccccc12. The van der Waals surface area contributed by atoms with Gasteiger partial charge in [-0.15, -0.1) is 11.3 Å². The number of carbonyl (C=O) groups is 1. The molecule has 0 spiro atoms. The van der Waals surface area contributed by atoms with Crippen molar-refractivity contribution in [2.45, 2.75) is 32.4 Å². The number of hydrogen-bond acceptors (Lipinski definition) is 3. The average molecular weight is 365 g/mol. The normalized spacial score (nSPS) is 18.5. The molecule has 2 unspecified atom stereocenters. The zero-order chi connectivity index (χ0) is 18.1. The van der Waals surface area contributed by atoms with Crippen molar-refractivity contribution in [3.05, 3.63) is 69.9 Å². The second kappa shape index (κ2) is 7.22. The molecule has 0 radical (unpaired) electrons. The largest absolute Gasteiger partial charge is 0.348 e. The predicted octanol–water partition coefficient (Wildman–Crippen LogP) is 4.70. The second-order valence-electron chi connectivity index (χ2n) is 7.05. The van der Waals surface area contributed by atoms with Crippen LogP contribution in [0.3, 0.4) is 0 Å². The summed E-state index contributed by atoms with van der Waals surface area (Å²) in [4.78, 5) is 16.4. The summed E-state index contributed by atoms with van der Waals surface area (Å²) in [5, 5.41) is 7.77. The molecule has 0 fully saturated rings. The fourth-order valence-corrected chi connectivity index (χ4v) is 4.92. The first kappa shape index (κ1) is 17.3.